The number of halogens is 2. The highest BCUT2D eigenvalue weighted by atomic mass is 35.5. The van der Waals surface area contributed by atoms with Gasteiger partial charge in [-0.15, -0.1) is 0 Å². The number of carbonyl (C=O) groups excluding carboxylic acids is 2. The Morgan fingerprint density at radius 2 is 1.92 bits per heavy atom. The molecule has 6 nitrogen and oxygen atoms in total. The van der Waals surface area contributed by atoms with E-state index in [1.165, 1.54) is 19.1 Å². The Hall–Kier alpha value is -2.31. The molecule has 25 heavy (non-hydrogen) atoms. The van der Waals surface area contributed by atoms with Gasteiger partial charge in [-0.1, -0.05) is 35.3 Å². The summed E-state index contributed by atoms with van der Waals surface area (Å²) in [7, 11) is 0. The van der Waals surface area contributed by atoms with E-state index in [0.717, 1.165) is 0 Å². The molecule has 0 fully saturated rings. The average molecular weight is 383 g/mol. The van der Waals surface area contributed by atoms with Crippen molar-refractivity contribution in [3.8, 4) is 5.75 Å². The lowest BCUT2D eigenvalue weighted by Gasteiger charge is -2.15. The van der Waals surface area contributed by atoms with E-state index in [4.69, 9.17) is 32.7 Å². The van der Waals surface area contributed by atoms with E-state index in [9.17, 15) is 9.59 Å². The first kappa shape index (κ1) is 19.0. The van der Waals surface area contributed by atoms with E-state index in [0.29, 0.717) is 18.0 Å². The summed E-state index contributed by atoms with van der Waals surface area (Å²) < 4.78 is 10.5. The summed E-state index contributed by atoms with van der Waals surface area (Å²) in [4.78, 5) is 28.2. The Bertz CT molecular complexity index is 783. The van der Waals surface area contributed by atoms with Crippen LogP contribution in [0.25, 0.3) is 0 Å². The zero-order valence-corrected chi connectivity index (χ0v) is 15.1. The molecule has 0 aliphatic heterocycles. The Labute approximate surface area is 155 Å². The monoisotopic (exact) mass is 382 g/mol. The highest BCUT2D eigenvalue weighted by Gasteiger charge is 2.22. The van der Waals surface area contributed by atoms with E-state index in [-0.39, 0.29) is 15.9 Å². The summed E-state index contributed by atoms with van der Waals surface area (Å²) in [5.41, 5.74) is 0.333. The fourth-order valence-electron chi connectivity index (χ4n) is 1.92. The van der Waals surface area contributed by atoms with Crippen molar-refractivity contribution in [1.29, 1.82) is 0 Å². The van der Waals surface area contributed by atoms with Gasteiger partial charge in [0.1, 0.15) is 10.9 Å². The van der Waals surface area contributed by atoms with Gasteiger partial charge in [0.2, 0.25) is 0 Å². The van der Waals surface area contributed by atoms with Gasteiger partial charge in [-0.25, -0.2) is 9.78 Å². The molecule has 1 atom stereocenters. The maximum Gasteiger partial charge on any atom is 0.359 e. The van der Waals surface area contributed by atoms with Crippen molar-refractivity contribution in [2.24, 2.45) is 0 Å². The summed E-state index contributed by atoms with van der Waals surface area (Å²) in [6, 6.07) is 9.83. The lowest BCUT2D eigenvalue weighted by Crippen LogP contribution is -2.30. The van der Waals surface area contributed by atoms with Gasteiger partial charge in [0.05, 0.1) is 17.3 Å². The second-order valence-electron chi connectivity index (χ2n) is 4.93. The molecule has 0 bridgehead atoms. The summed E-state index contributed by atoms with van der Waals surface area (Å²) in [5.74, 6) is -0.830. The number of hydrogen-bond donors (Lipinski definition) is 1. The molecule has 8 heteroatoms. The first-order chi connectivity index (χ1) is 11.9. The minimum Gasteiger partial charge on any atom is -0.492 e. The van der Waals surface area contributed by atoms with Gasteiger partial charge in [-0.3, -0.25) is 4.79 Å². The zero-order chi connectivity index (χ0) is 18.4. The average Bonchev–Trinajstić information content (AvgIpc) is 2.58. The molecule has 0 aliphatic rings. The summed E-state index contributed by atoms with van der Waals surface area (Å²) in [5, 5.41) is 2.84. The lowest BCUT2D eigenvalue weighted by molar-refractivity contribution is -0.123. The van der Waals surface area contributed by atoms with Crippen LogP contribution in [-0.4, -0.2) is 29.6 Å². The number of esters is 1. The third-order valence-electron chi connectivity index (χ3n) is 3.10. The lowest BCUT2D eigenvalue weighted by atomic mass is 10.2. The number of rotatable bonds is 6. The standard InChI is InChI=1S/C17H16Cl2N2O4/c1-3-24-13-7-5-4-6-12(13)20-16(22)10(2)25-17(23)15-11(18)8-9-14(19)21-15/h4-10H,3H2,1-2H3,(H,20,22). The number of carbonyl (C=O) groups is 2. The summed E-state index contributed by atoms with van der Waals surface area (Å²) >= 11 is 11.6. The van der Waals surface area contributed by atoms with Crippen LogP contribution in [0.2, 0.25) is 10.2 Å². The topological polar surface area (TPSA) is 77.5 Å². The molecule has 0 saturated heterocycles. The van der Waals surface area contributed by atoms with Crippen molar-refractivity contribution in [1.82, 2.24) is 4.98 Å². The number of hydrogen-bond acceptors (Lipinski definition) is 5. The van der Waals surface area contributed by atoms with E-state index < -0.39 is 18.0 Å². The predicted octanol–water partition coefficient (Wildman–Crippen LogP) is 3.97. The predicted molar refractivity (Wildman–Crippen MR) is 95.4 cm³/mol. The van der Waals surface area contributed by atoms with Crippen molar-refractivity contribution in [2.75, 3.05) is 11.9 Å². The number of anilines is 1. The quantitative estimate of drug-likeness (QED) is 0.603. The van der Waals surface area contributed by atoms with Crippen LogP contribution >= 0.6 is 23.2 Å². The van der Waals surface area contributed by atoms with Crippen LogP contribution in [0.3, 0.4) is 0 Å². The molecule has 0 radical (unpaired) electrons. The molecule has 1 heterocycles. The molecule has 0 saturated carbocycles. The van der Waals surface area contributed by atoms with E-state index in [1.807, 2.05) is 6.92 Å². The fourth-order valence-corrected chi connectivity index (χ4v) is 2.25. The number of benzene rings is 1. The molecule has 2 rings (SSSR count). The van der Waals surface area contributed by atoms with Crippen LogP contribution in [0.1, 0.15) is 24.3 Å². The normalized spacial score (nSPS) is 11.5. The van der Waals surface area contributed by atoms with Crippen molar-refractivity contribution in [3.63, 3.8) is 0 Å². The molecular formula is C17H16Cl2N2O4. The first-order valence-corrected chi connectivity index (χ1v) is 8.23. The van der Waals surface area contributed by atoms with Gasteiger partial charge < -0.3 is 14.8 Å². The van der Waals surface area contributed by atoms with Gasteiger partial charge >= 0.3 is 5.97 Å². The first-order valence-electron chi connectivity index (χ1n) is 7.48. The third-order valence-corrected chi connectivity index (χ3v) is 3.62. The minimum absolute atomic E-state index is 0.0868. The second kappa shape index (κ2) is 8.69. The molecule has 1 N–H and O–H groups in total. The Balaban J connectivity index is 2.05. The van der Waals surface area contributed by atoms with Gasteiger partial charge in [0.25, 0.3) is 5.91 Å². The Morgan fingerprint density at radius 1 is 1.20 bits per heavy atom. The van der Waals surface area contributed by atoms with Gasteiger partial charge in [0, 0.05) is 0 Å². The van der Waals surface area contributed by atoms with Crippen LogP contribution in [0.5, 0.6) is 5.75 Å². The third kappa shape index (κ3) is 5.08. The Kier molecular flexibility index (Phi) is 6.61. The number of para-hydroxylation sites is 2. The number of aromatic nitrogens is 1. The van der Waals surface area contributed by atoms with Crippen LogP contribution in [0, 0.1) is 0 Å². The highest BCUT2D eigenvalue weighted by Crippen LogP contribution is 2.24. The molecular weight excluding hydrogens is 367 g/mol. The SMILES string of the molecule is CCOc1ccccc1NC(=O)C(C)OC(=O)c1nc(Cl)ccc1Cl. The molecule has 0 aliphatic carbocycles. The number of nitrogens with one attached hydrogen (secondary N) is 1. The molecule has 1 amide bonds. The largest absolute Gasteiger partial charge is 0.492 e. The van der Waals surface area contributed by atoms with E-state index >= 15 is 0 Å². The number of pyridine rings is 1. The summed E-state index contributed by atoms with van der Waals surface area (Å²) in [6.45, 7) is 3.73. The fraction of sp³-hybridized carbons (Fsp3) is 0.235. The molecule has 2 aromatic rings. The zero-order valence-electron chi connectivity index (χ0n) is 13.6. The number of amides is 1. The van der Waals surface area contributed by atoms with Crippen molar-refractivity contribution in [3.05, 3.63) is 52.3 Å². The molecule has 1 aromatic carbocycles. The molecule has 1 aromatic heterocycles. The van der Waals surface area contributed by atoms with Crippen molar-refractivity contribution >= 4 is 40.8 Å². The van der Waals surface area contributed by atoms with E-state index in [1.54, 1.807) is 24.3 Å². The van der Waals surface area contributed by atoms with Gasteiger partial charge in [-0.2, -0.15) is 0 Å². The van der Waals surface area contributed by atoms with Crippen LogP contribution in [-0.2, 0) is 9.53 Å². The highest BCUT2D eigenvalue weighted by molar-refractivity contribution is 6.34. The van der Waals surface area contributed by atoms with Crippen LogP contribution in [0.15, 0.2) is 36.4 Å². The maximum atomic E-state index is 12.3. The van der Waals surface area contributed by atoms with Crippen LogP contribution in [0.4, 0.5) is 5.69 Å². The van der Waals surface area contributed by atoms with Crippen LogP contribution < -0.4 is 10.1 Å². The summed E-state index contributed by atoms with van der Waals surface area (Å²) in [6.07, 6.45) is -1.07. The van der Waals surface area contributed by atoms with Crippen molar-refractivity contribution < 1.29 is 19.1 Å². The minimum atomic E-state index is -1.07. The molecule has 132 valence electrons. The maximum absolute atomic E-state index is 12.3. The molecule has 0 spiro atoms. The number of nitrogens with zero attached hydrogens (tertiary/aromatic N) is 1. The van der Waals surface area contributed by atoms with E-state index in [2.05, 4.69) is 10.3 Å². The smallest absolute Gasteiger partial charge is 0.359 e. The van der Waals surface area contributed by atoms with Gasteiger partial charge in [0.15, 0.2) is 11.8 Å². The van der Waals surface area contributed by atoms with Crippen molar-refractivity contribution in [2.45, 2.75) is 20.0 Å². The number of ether oxygens (including phenoxy) is 2. The Morgan fingerprint density at radius 3 is 2.64 bits per heavy atom. The molecule has 1 unspecified atom stereocenters. The second-order valence-corrected chi connectivity index (χ2v) is 5.72. The van der Waals surface area contributed by atoms with Gasteiger partial charge in [-0.05, 0) is 38.1 Å².